The standard InChI is InChI=1S/C13H25N5O.HI/c1-3-19-9-5-8-16-13(14)15-7-4-6-12-10-17-18(2)11-12;/h10-11H,3-9H2,1-2H3,(H3,14,15,16);1H. The van der Waals surface area contributed by atoms with Gasteiger partial charge >= 0.3 is 0 Å². The molecule has 0 aliphatic carbocycles. The number of ether oxygens (including phenoxy) is 1. The fourth-order valence-electron chi connectivity index (χ4n) is 1.67. The average Bonchev–Trinajstić information content (AvgIpc) is 2.80. The number of aromatic nitrogens is 2. The molecule has 1 aromatic rings. The van der Waals surface area contributed by atoms with Gasteiger partial charge in [-0.2, -0.15) is 5.10 Å². The third-order valence-corrected chi connectivity index (χ3v) is 2.64. The molecule has 0 atom stereocenters. The first-order valence-electron chi connectivity index (χ1n) is 6.81. The van der Waals surface area contributed by atoms with Crippen LogP contribution in [0.3, 0.4) is 0 Å². The van der Waals surface area contributed by atoms with Gasteiger partial charge in [-0.05, 0) is 31.7 Å². The Kier molecular flexibility index (Phi) is 11.5. The minimum atomic E-state index is 0. The number of aliphatic imine (C=N–C) groups is 1. The van der Waals surface area contributed by atoms with E-state index in [0.717, 1.165) is 45.6 Å². The van der Waals surface area contributed by atoms with Crippen molar-refractivity contribution in [2.24, 2.45) is 17.8 Å². The topological polar surface area (TPSA) is 77.5 Å². The molecule has 0 saturated heterocycles. The quantitative estimate of drug-likeness (QED) is 0.286. The van der Waals surface area contributed by atoms with Crippen molar-refractivity contribution in [3.8, 4) is 0 Å². The fraction of sp³-hybridized carbons (Fsp3) is 0.692. The van der Waals surface area contributed by atoms with Crippen molar-refractivity contribution in [1.82, 2.24) is 15.1 Å². The van der Waals surface area contributed by atoms with E-state index in [-0.39, 0.29) is 24.0 Å². The molecular formula is C13H26IN5O. The predicted octanol–water partition coefficient (Wildman–Crippen LogP) is 1.30. The van der Waals surface area contributed by atoms with Gasteiger partial charge in [0.1, 0.15) is 0 Å². The summed E-state index contributed by atoms with van der Waals surface area (Å²) in [7, 11) is 1.92. The van der Waals surface area contributed by atoms with E-state index in [4.69, 9.17) is 10.5 Å². The van der Waals surface area contributed by atoms with E-state index in [1.54, 1.807) is 0 Å². The zero-order valence-electron chi connectivity index (χ0n) is 12.3. The Balaban J connectivity index is 0.00000361. The van der Waals surface area contributed by atoms with Crippen molar-refractivity contribution in [1.29, 1.82) is 0 Å². The van der Waals surface area contributed by atoms with Crippen molar-refractivity contribution in [3.05, 3.63) is 18.0 Å². The van der Waals surface area contributed by atoms with Crippen LogP contribution < -0.4 is 11.1 Å². The summed E-state index contributed by atoms with van der Waals surface area (Å²) in [5.74, 6) is 0.516. The van der Waals surface area contributed by atoms with E-state index < -0.39 is 0 Å². The van der Waals surface area contributed by atoms with Crippen LogP contribution in [0.25, 0.3) is 0 Å². The third kappa shape index (κ3) is 9.13. The number of aryl methyl sites for hydroxylation is 2. The van der Waals surface area contributed by atoms with E-state index in [2.05, 4.69) is 15.4 Å². The first-order chi connectivity index (χ1) is 9.22. The summed E-state index contributed by atoms with van der Waals surface area (Å²) in [5.41, 5.74) is 6.99. The zero-order valence-corrected chi connectivity index (χ0v) is 14.7. The van der Waals surface area contributed by atoms with Gasteiger partial charge in [-0.15, -0.1) is 24.0 Å². The van der Waals surface area contributed by atoms with Crippen LogP contribution in [0.15, 0.2) is 17.4 Å². The number of halogens is 1. The van der Waals surface area contributed by atoms with Gasteiger partial charge in [0.25, 0.3) is 0 Å². The summed E-state index contributed by atoms with van der Waals surface area (Å²) in [5, 5.41) is 7.20. The Labute approximate surface area is 138 Å². The maximum absolute atomic E-state index is 5.75. The summed E-state index contributed by atoms with van der Waals surface area (Å²) in [6.45, 7) is 5.05. The predicted molar refractivity (Wildman–Crippen MR) is 92.5 cm³/mol. The molecule has 0 aromatic carbocycles. The molecular weight excluding hydrogens is 369 g/mol. The highest BCUT2D eigenvalue weighted by atomic mass is 127. The van der Waals surface area contributed by atoms with Gasteiger partial charge in [0.2, 0.25) is 0 Å². The Bertz CT molecular complexity index is 381. The van der Waals surface area contributed by atoms with Crippen LogP contribution in [0.1, 0.15) is 25.3 Å². The summed E-state index contributed by atoms with van der Waals surface area (Å²) in [4.78, 5) is 4.28. The molecule has 0 aliphatic rings. The highest BCUT2D eigenvalue weighted by Gasteiger charge is 1.96. The lowest BCUT2D eigenvalue weighted by Gasteiger charge is -2.05. The Morgan fingerprint density at radius 1 is 1.50 bits per heavy atom. The molecule has 20 heavy (non-hydrogen) atoms. The first-order valence-corrected chi connectivity index (χ1v) is 6.81. The van der Waals surface area contributed by atoms with Crippen molar-refractivity contribution < 1.29 is 4.74 Å². The van der Waals surface area contributed by atoms with Gasteiger partial charge in [-0.1, -0.05) is 0 Å². The van der Waals surface area contributed by atoms with Crippen LogP contribution >= 0.6 is 24.0 Å². The van der Waals surface area contributed by atoms with Crippen LogP contribution in [0.2, 0.25) is 0 Å². The number of nitrogens with one attached hydrogen (secondary N) is 1. The number of rotatable bonds is 9. The second-order valence-electron chi connectivity index (χ2n) is 4.37. The largest absolute Gasteiger partial charge is 0.382 e. The number of nitrogens with zero attached hydrogens (tertiary/aromatic N) is 3. The van der Waals surface area contributed by atoms with Gasteiger partial charge in [0.15, 0.2) is 5.96 Å². The second-order valence-corrected chi connectivity index (χ2v) is 4.37. The lowest BCUT2D eigenvalue weighted by atomic mass is 10.2. The Hall–Kier alpha value is -0.830. The van der Waals surface area contributed by atoms with Crippen LogP contribution in [0.5, 0.6) is 0 Å². The van der Waals surface area contributed by atoms with E-state index in [9.17, 15) is 0 Å². The number of hydrogen-bond donors (Lipinski definition) is 2. The molecule has 1 aromatic heterocycles. The molecule has 116 valence electrons. The first kappa shape index (κ1) is 19.2. The average molecular weight is 395 g/mol. The van der Waals surface area contributed by atoms with Crippen molar-refractivity contribution in [2.75, 3.05) is 26.3 Å². The maximum atomic E-state index is 5.75. The van der Waals surface area contributed by atoms with Crippen LogP contribution in [0.4, 0.5) is 0 Å². The van der Waals surface area contributed by atoms with Crippen molar-refractivity contribution >= 4 is 29.9 Å². The molecule has 7 heteroatoms. The molecule has 0 radical (unpaired) electrons. The van der Waals surface area contributed by atoms with E-state index >= 15 is 0 Å². The highest BCUT2D eigenvalue weighted by molar-refractivity contribution is 14.0. The maximum Gasteiger partial charge on any atom is 0.188 e. The van der Waals surface area contributed by atoms with Crippen molar-refractivity contribution in [2.45, 2.75) is 26.2 Å². The zero-order chi connectivity index (χ0) is 13.9. The normalized spacial score (nSPS) is 11.2. The third-order valence-electron chi connectivity index (χ3n) is 2.64. The molecule has 3 N–H and O–H groups in total. The van der Waals surface area contributed by atoms with Crippen LogP contribution in [0, 0.1) is 0 Å². The highest BCUT2D eigenvalue weighted by Crippen LogP contribution is 2.00. The summed E-state index contributed by atoms with van der Waals surface area (Å²) in [6.07, 6.45) is 6.82. The van der Waals surface area contributed by atoms with Crippen LogP contribution in [-0.2, 0) is 18.2 Å². The summed E-state index contributed by atoms with van der Waals surface area (Å²) >= 11 is 0. The monoisotopic (exact) mass is 395 g/mol. The second kappa shape index (κ2) is 12.0. The molecule has 1 heterocycles. The molecule has 0 amide bonds. The van der Waals surface area contributed by atoms with E-state index in [0.29, 0.717) is 5.96 Å². The Morgan fingerprint density at radius 2 is 2.30 bits per heavy atom. The molecule has 0 aliphatic heterocycles. The molecule has 0 spiro atoms. The van der Waals surface area contributed by atoms with Gasteiger partial charge < -0.3 is 15.8 Å². The minimum absolute atomic E-state index is 0. The SMILES string of the molecule is CCOCCCNC(N)=NCCCc1cnn(C)c1.I. The number of hydrogen-bond acceptors (Lipinski definition) is 3. The fourth-order valence-corrected chi connectivity index (χ4v) is 1.67. The van der Waals surface area contributed by atoms with Crippen molar-refractivity contribution in [3.63, 3.8) is 0 Å². The number of guanidine groups is 1. The molecule has 0 unspecified atom stereocenters. The number of nitrogens with two attached hydrogens (primary N) is 1. The smallest absolute Gasteiger partial charge is 0.188 e. The van der Waals surface area contributed by atoms with Crippen LogP contribution in [-0.4, -0.2) is 42.0 Å². The van der Waals surface area contributed by atoms with E-state index in [1.165, 1.54) is 5.56 Å². The summed E-state index contributed by atoms with van der Waals surface area (Å²) < 4.78 is 7.05. The minimum Gasteiger partial charge on any atom is -0.382 e. The Morgan fingerprint density at radius 3 is 2.95 bits per heavy atom. The molecule has 6 nitrogen and oxygen atoms in total. The molecule has 1 rings (SSSR count). The van der Waals surface area contributed by atoms with Gasteiger partial charge in [-0.3, -0.25) is 9.67 Å². The molecule has 0 bridgehead atoms. The lowest BCUT2D eigenvalue weighted by Crippen LogP contribution is -2.33. The van der Waals surface area contributed by atoms with Gasteiger partial charge in [-0.25, -0.2) is 0 Å². The molecule has 0 saturated carbocycles. The summed E-state index contributed by atoms with van der Waals surface area (Å²) in [6, 6.07) is 0. The van der Waals surface area contributed by atoms with E-state index in [1.807, 2.05) is 31.0 Å². The lowest BCUT2D eigenvalue weighted by molar-refractivity contribution is 0.145. The van der Waals surface area contributed by atoms with Gasteiger partial charge in [0.05, 0.1) is 6.20 Å². The van der Waals surface area contributed by atoms with Gasteiger partial charge in [0, 0.05) is 39.5 Å². The molecule has 0 fully saturated rings.